The Hall–Kier alpha value is -2.20. The Labute approximate surface area is 124 Å². The van der Waals surface area contributed by atoms with Crippen LogP contribution in [0.2, 0.25) is 0 Å². The molecular formula is C17H18N2O2. The maximum Gasteiger partial charge on any atom is 0.228 e. The predicted octanol–water partition coefficient (Wildman–Crippen LogP) is 3.02. The van der Waals surface area contributed by atoms with E-state index in [9.17, 15) is 4.79 Å². The van der Waals surface area contributed by atoms with Crippen molar-refractivity contribution in [3.63, 3.8) is 0 Å². The second-order valence-electron chi connectivity index (χ2n) is 5.29. The average Bonchev–Trinajstić information content (AvgIpc) is 2.47. The Kier molecular flexibility index (Phi) is 4.26. The first-order valence-corrected chi connectivity index (χ1v) is 7.18. The first-order chi connectivity index (χ1) is 10.3. The van der Waals surface area contributed by atoms with Crippen molar-refractivity contribution in [2.24, 2.45) is 5.92 Å². The van der Waals surface area contributed by atoms with E-state index in [0.717, 1.165) is 12.8 Å². The number of ether oxygens (including phenoxy) is 1. The van der Waals surface area contributed by atoms with Gasteiger partial charge in [-0.05, 0) is 30.5 Å². The Bertz CT molecular complexity index is 580. The second kappa shape index (κ2) is 6.50. The molecule has 1 aliphatic rings. The molecule has 1 amide bonds. The number of hydrogen-bond acceptors (Lipinski definition) is 3. The van der Waals surface area contributed by atoms with Gasteiger partial charge in [-0.1, -0.05) is 36.4 Å². The van der Waals surface area contributed by atoms with Crippen LogP contribution in [0.1, 0.15) is 18.4 Å². The maximum absolute atomic E-state index is 12.0. The summed E-state index contributed by atoms with van der Waals surface area (Å²) in [5.74, 6) is 0.678. The molecule has 0 bridgehead atoms. The second-order valence-corrected chi connectivity index (χ2v) is 5.29. The van der Waals surface area contributed by atoms with Gasteiger partial charge in [-0.25, -0.2) is 4.98 Å². The summed E-state index contributed by atoms with van der Waals surface area (Å²) in [4.78, 5) is 16.1. The van der Waals surface area contributed by atoms with E-state index in [-0.39, 0.29) is 17.9 Å². The highest BCUT2D eigenvalue weighted by molar-refractivity contribution is 5.92. The van der Waals surface area contributed by atoms with Crippen molar-refractivity contribution in [2.45, 2.75) is 25.6 Å². The summed E-state index contributed by atoms with van der Waals surface area (Å²) in [5, 5.41) is 2.83. The van der Waals surface area contributed by atoms with E-state index >= 15 is 0 Å². The van der Waals surface area contributed by atoms with Crippen molar-refractivity contribution in [3.05, 3.63) is 60.3 Å². The molecule has 0 radical (unpaired) electrons. The Morgan fingerprint density at radius 3 is 2.62 bits per heavy atom. The van der Waals surface area contributed by atoms with Gasteiger partial charge in [-0.15, -0.1) is 0 Å². The van der Waals surface area contributed by atoms with E-state index in [2.05, 4.69) is 10.3 Å². The first-order valence-electron chi connectivity index (χ1n) is 7.18. The van der Waals surface area contributed by atoms with Crippen LogP contribution >= 0.6 is 0 Å². The number of pyridine rings is 1. The van der Waals surface area contributed by atoms with Gasteiger partial charge < -0.3 is 10.1 Å². The molecule has 3 rings (SSSR count). The average molecular weight is 282 g/mol. The van der Waals surface area contributed by atoms with E-state index < -0.39 is 0 Å². The highest BCUT2D eigenvalue weighted by Gasteiger charge is 2.35. The molecule has 0 saturated heterocycles. The molecule has 2 aromatic rings. The molecule has 4 nitrogen and oxygen atoms in total. The van der Waals surface area contributed by atoms with Gasteiger partial charge in [0.15, 0.2) is 0 Å². The minimum atomic E-state index is 0.0350. The van der Waals surface area contributed by atoms with Gasteiger partial charge in [-0.2, -0.15) is 0 Å². The van der Waals surface area contributed by atoms with E-state index in [1.54, 1.807) is 12.3 Å². The topological polar surface area (TPSA) is 51.2 Å². The molecule has 0 spiro atoms. The Morgan fingerprint density at radius 2 is 1.90 bits per heavy atom. The van der Waals surface area contributed by atoms with Crippen LogP contribution in [0.15, 0.2) is 54.7 Å². The summed E-state index contributed by atoms with van der Waals surface area (Å²) in [6.07, 6.45) is 3.42. The van der Waals surface area contributed by atoms with Crippen LogP contribution in [0.25, 0.3) is 0 Å². The number of carbonyl (C=O) groups is 1. The highest BCUT2D eigenvalue weighted by atomic mass is 16.5. The molecule has 1 aliphatic carbocycles. The number of hydrogen-bond donors (Lipinski definition) is 1. The van der Waals surface area contributed by atoms with E-state index in [0.29, 0.717) is 12.4 Å². The van der Waals surface area contributed by atoms with E-state index in [1.807, 2.05) is 42.5 Å². The number of nitrogens with zero attached hydrogens (tertiary/aromatic N) is 1. The monoisotopic (exact) mass is 282 g/mol. The molecule has 4 heteroatoms. The Balaban J connectivity index is 1.40. The predicted molar refractivity (Wildman–Crippen MR) is 80.6 cm³/mol. The smallest absolute Gasteiger partial charge is 0.228 e. The number of anilines is 1. The van der Waals surface area contributed by atoms with Crippen molar-refractivity contribution in [2.75, 3.05) is 5.32 Å². The van der Waals surface area contributed by atoms with Crippen molar-refractivity contribution in [1.29, 1.82) is 0 Å². The lowest BCUT2D eigenvalue weighted by atomic mass is 9.81. The van der Waals surface area contributed by atoms with Gasteiger partial charge >= 0.3 is 0 Å². The highest BCUT2D eigenvalue weighted by Crippen LogP contribution is 2.31. The third kappa shape index (κ3) is 3.67. The summed E-state index contributed by atoms with van der Waals surface area (Å²) in [7, 11) is 0. The SMILES string of the molecule is O=C(Nc1ccccn1)[C@H]1C[C@@H](OCc2ccccc2)C1. The molecule has 1 fully saturated rings. The zero-order valence-corrected chi connectivity index (χ0v) is 11.7. The zero-order valence-electron chi connectivity index (χ0n) is 11.7. The molecule has 1 saturated carbocycles. The summed E-state index contributed by atoms with van der Waals surface area (Å²) in [6.45, 7) is 0.611. The van der Waals surface area contributed by atoms with Crippen LogP contribution in [-0.2, 0) is 16.1 Å². The van der Waals surface area contributed by atoms with Crippen LogP contribution in [0.5, 0.6) is 0 Å². The molecule has 108 valence electrons. The van der Waals surface area contributed by atoms with Gasteiger partial charge in [0, 0.05) is 12.1 Å². The number of rotatable bonds is 5. The minimum absolute atomic E-state index is 0.0350. The minimum Gasteiger partial charge on any atom is -0.373 e. The van der Waals surface area contributed by atoms with Crippen molar-refractivity contribution >= 4 is 11.7 Å². The van der Waals surface area contributed by atoms with Crippen LogP contribution in [0.3, 0.4) is 0 Å². The molecule has 1 heterocycles. The van der Waals surface area contributed by atoms with Crippen LogP contribution in [-0.4, -0.2) is 17.0 Å². The summed E-state index contributed by atoms with van der Waals surface area (Å²) in [5.41, 5.74) is 1.17. The number of nitrogens with one attached hydrogen (secondary N) is 1. The van der Waals surface area contributed by atoms with Crippen molar-refractivity contribution in [1.82, 2.24) is 4.98 Å². The van der Waals surface area contributed by atoms with Gasteiger partial charge in [0.05, 0.1) is 12.7 Å². The molecule has 1 aromatic heterocycles. The van der Waals surface area contributed by atoms with E-state index in [1.165, 1.54) is 5.56 Å². The largest absolute Gasteiger partial charge is 0.373 e. The fourth-order valence-electron chi connectivity index (χ4n) is 2.37. The number of carbonyl (C=O) groups excluding carboxylic acids is 1. The molecule has 1 N–H and O–H groups in total. The normalized spacial score (nSPS) is 20.6. The van der Waals surface area contributed by atoms with Crippen molar-refractivity contribution < 1.29 is 9.53 Å². The fraction of sp³-hybridized carbons (Fsp3) is 0.294. The lowest BCUT2D eigenvalue weighted by Crippen LogP contribution is -2.39. The van der Waals surface area contributed by atoms with Crippen LogP contribution in [0, 0.1) is 5.92 Å². The third-order valence-corrected chi connectivity index (χ3v) is 3.71. The molecular weight excluding hydrogens is 264 g/mol. The lowest BCUT2D eigenvalue weighted by Gasteiger charge is -2.33. The number of amides is 1. The molecule has 0 unspecified atom stereocenters. The summed E-state index contributed by atoms with van der Waals surface area (Å²) >= 11 is 0. The van der Waals surface area contributed by atoms with Gasteiger partial charge in [0.2, 0.25) is 5.91 Å². The molecule has 0 atom stereocenters. The molecule has 21 heavy (non-hydrogen) atoms. The van der Waals surface area contributed by atoms with Crippen LogP contribution < -0.4 is 5.32 Å². The summed E-state index contributed by atoms with van der Waals surface area (Å²) in [6, 6.07) is 15.6. The van der Waals surface area contributed by atoms with Gasteiger partial charge in [0.25, 0.3) is 0 Å². The quantitative estimate of drug-likeness (QED) is 0.917. The summed E-state index contributed by atoms with van der Waals surface area (Å²) < 4.78 is 5.80. The fourth-order valence-corrected chi connectivity index (χ4v) is 2.37. The van der Waals surface area contributed by atoms with Gasteiger partial charge in [-0.3, -0.25) is 4.79 Å². The van der Waals surface area contributed by atoms with Crippen LogP contribution in [0.4, 0.5) is 5.82 Å². The standard InChI is InChI=1S/C17H18N2O2/c20-17(19-16-8-4-5-9-18-16)14-10-15(11-14)21-12-13-6-2-1-3-7-13/h1-9,14-15H,10-12H2,(H,18,19,20)/t14-,15+. The maximum atomic E-state index is 12.0. The van der Waals surface area contributed by atoms with Gasteiger partial charge in [0.1, 0.15) is 5.82 Å². The zero-order chi connectivity index (χ0) is 14.5. The third-order valence-electron chi connectivity index (χ3n) is 3.71. The molecule has 0 aliphatic heterocycles. The van der Waals surface area contributed by atoms with Crippen molar-refractivity contribution in [3.8, 4) is 0 Å². The molecule has 1 aromatic carbocycles. The number of benzene rings is 1. The number of aromatic nitrogens is 1. The first kappa shape index (κ1) is 13.8. The van der Waals surface area contributed by atoms with E-state index in [4.69, 9.17) is 4.74 Å². The lowest BCUT2D eigenvalue weighted by molar-refractivity contribution is -0.129. The Morgan fingerprint density at radius 1 is 1.14 bits per heavy atom.